The van der Waals surface area contributed by atoms with Crippen LogP contribution in [0.1, 0.15) is 0 Å². The lowest BCUT2D eigenvalue weighted by molar-refractivity contribution is 0.179. The Labute approximate surface area is 142 Å². The van der Waals surface area contributed by atoms with Gasteiger partial charge < -0.3 is 23.4 Å². The molecule has 2 aromatic heterocycles. The van der Waals surface area contributed by atoms with Crippen molar-refractivity contribution in [2.75, 3.05) is 6.61 Å². The lowest BCUT2D eigenvalue weighted by atomic mass is 10.1. The summed E-state index contributed by atoms with van der Waals surface area (Å²) in [7, 11) is 0. The highest BCUT2D eigenvalue weighted by Gasteiger charge is 2.25. The molecule has 5 rings (SSSR count). The average Bonchev–Trinajstić information content (AvgIpc) is 3.11. The SMILES string of the molecule is Oc1cc(-c2ccco2)ccc1-c1nc2ccc(OC3CO3)cc2o1. The van der Waals surface area contributed by atoms with E-state index in [0.29, 0.717) is 40.7 Å². The number of nitrogens with zero attached hydrogens (tertiary/aromatic N) is 1. The second kappa shape index (κ2) is 5.39. The minimum absolute atomic E-state index is 0.0725. The number of epoxide rings is 1. The Hall–Kier alpha value is -3.25. The number of phenols is 1. The molecular formula is C19H13NO5. The van der Waals surface area contributed by atoms with Crippen molar-refractivity contribution >= 4 is 11.1 Å². The van der Waals surface area contributed by atoms with Gasteiger partial charge in [0.2, 0.25) is 12.2 Å². The number of ether oxygens (including phenoxy) is 2. The summed E-state index contributed by atoms with van der Waals surface area (Å²) in [6, 6.07) is 14.3. The van der Waals surface area contributed by atoms with Gasteiger partial charge in [-0.2, -0.15) is 0 Å². The normalized spacial score (nSPS) is 16.2. The molecule has 1 aliphatic rings. The molecule has 0 amide bonds. The lowest BCUT2D eigenvalue weighted by Gasteiger charge is -2.02. The Bertz CT molecular complexity index is 1050. The van der Waals surface area contributed by atoms with E-state index in [1.807, 2.05) is 24.3 Å². The van der Waals surface area contributed by atoms with Gasteiger partial charge in [-0.15, -0.1) is 0 Å². The van der Waals surface area contributed by atoms with Crippen molar-refractivity contribution in [2.45, 2.75) is 6.29 Å². The Kier molecular flexibility index (Phi) is 3.05. The molecular weight excluding hydrogens is 322 g/mol. The van der Waals surface area contributed by atoms with E-state index in [2.05, 4.69) is 4.98 Å². The number of hydrogen-bond donors (Lipinski definition) is 1. The molecule has 2 aromatic carbocycles. The van der Waals surface area contributed by atoms with Gasteiger partial charge in [-0.1, -0.05) is 6.07 Å². The molecule has 1 N–H and O–H groups in total. The summed E-state index contributed by atoms with van der Waals surface area (Å²) in [6.45, 7) is 0.607. The standard InChI is InChI=1S/C19H13NO5/c21-15-8-11(16-2-1-7-22-16)3-5-13(15)19-20-14-6-4-12(9-17(14)25-19)24-18-10-23-18/h1-9,18,21H,10H2. The molecule has 3 heterocycles. The summed E-state index contributed by atoms with van der Waals surface area (Å²) >= 11 is 0. The van der Waals surface area contributed by atoms with E-state index in [1.54, 1.807) is 30.5 Å². The third-order valence-corrected chi connectivity index (χ3v) is 3.96. The molecule has 1 atom stereocenters. The lowest BCUT2D eigenvalue weighted by Crippen LogP contribution is -1.96. The summed E-state index contributed by atoms with van der Waals surface area (Å²) < 4.78 is 21.7. The topological polar surface area (TPSA) is 81.2 Å². The third kappa shape index (κ3) is 2.62. The monoisotopic (exact) mass is 335 g/mol. The molecule has 0 aliphatic carbocycles. The molecule has 6 nitrogen and oxygen atoms in total. The van der Waals surface area contributed by atoms with Crippen LogP contribution in [-0.4, -0.2) is 23.0 Å². The van der Waals surface area contributed by atoms with Crippen molar-refractivity contribution < 1.29 is 23.4 Å². The fourth-order valence-corrected chi connectivity index (χ4v) is 2.66. The largest absolute Gasteiger partial charge is 0.507 e. The summed E-state index contributed by atoms with van der Waals surface area (Å²) in [5.41, 5.74) is 2.57. The van der Waals surface area contributed by atoms with Crippen molar-refractivity contribution in [3.8, 4) is 34.3 Å². The van der Waals surface area contributed by atoms with E-state index >= 15 is 0 Å². The third-order valence-electron chi connectivity index (χ3n) is 3.96. The number of oxazole rings is 1. The highest BCUT2D eigenvalue weighted by atomic mass is 16.8. The minimum Gasteiger partial charge on any atom is -0.507 e. The number of furan rings is 1. The molecule has 1 aliphatic heterocycles. The maximum Gasteiger partial charge on any atom is 0.231 e. The predicted molar refractivity (Wildman–Crippen MR) is 89.2 cm³/mol. The van der Waals surface area contributed by atoms with Gasteiger partial charge >= 0.3 is 0 Å². The number of fused-ring (bicyclic) bond motifs is 1. The molecule has 1 fully saturated rings. The van der Waals surface area contributed by atoms with Gasteiger partial charge in [0.15, 0.2) is 5.58 Å². The van der Waals surface area contributed by atoms with Crippen LogP contribution in [0.4, 0.5) is 0 Å². The number of hydrogen-bond acceptors (Lipinski definition) is 6. The zero-order chi connectivity index (χ0) is 16.8. The number of aromatic hydroxyl groups is 1. The predicted octanol–water partition coefficient (Wildman–Crippen LogP) is 4.20. The Morgan fingerprint density at radius 1 is 1.12 bits per heavy atom. The molecule has 1 saturated heterocycles. The summed E-state index contributed by atoms with van der Waals surface area (Å²) in [5.74, 6) is 1.76. The number of aromatic nitrogens is 1. The summed E-state index contributed by atoms with van der Waals surface area (Å²) in [5, 5.41) is 10.4. The van der Waals surface area contributed by atoms with E-state index in [4.69, 9.17) is 18.3 Å². The average molecular weight is 335 g/mol. The van der Waals surface area contributed by atoms with Gasteiger partial charge in [-0.3, -0.25) is 0 Å². The van der Waals surface area contributed by atoms with Crippen molar-refractivity contribution in [3.63, 3.8) is 0 Å². The maximum atomic E-state index is 10.4. The second-order valence-electron chi connectivity index (χ2n) is 5.74. The smallest absolute Gasteiger partial charge is 0.231 e. The van der Waals surface area contributed by atoms with Crippen LogP contribution in [0, 0.1) is 0 Å². The molecule has 0 bridgehead atoms. The van der Waals surface area contributed by atoms with E-state index in [0.717, 1.165) is 5.56 Å². The van der Waals surface area contributed by atoms with Crippen molar-refractivity contribution in [2.24, 2.45) is 0 Å². The van der Waals surface area contributed by atoms with E-state index in [9.17, 15) is 5.11 Å². The van der Waals surface area contributed by atoms with Gasteiger partial charge in [-0.05, 0) is 36.4 Å². The van der Waals surface area contributed by atoms with Crippen molar-refractivity contribution in [1.82, 2.24) is 4.98 Å². The van der Waals surface area contributed by atoms with Crippen LogP contribution in [0.3, 0.4) is 0 Å². The van der Waals surface area contributed by atoms with Crippen LogP contribution in [0.2, 0.25) is 0 Å². The highest BCUT2D eigenvalue weighted by molar-refractivity contribution is 5.79. The zero-order valence-corrected chi connectivity index (χ0v) is 13.0. The molecule has 6 heteroatoms. The van der Waals surface area contributed by atoms with E-state index in [-0.39, 0.29) is 12.0 Å². The summed E-state index contributed by atoms with van der Waals surface area (Å²) in [6.07, 6.45) is 1.42. The fraction of sp³-hybridized carbons (Fsp3) is 0.105. The van der Waals surface area contributed by atoms with Gasteiger partial charge in [0, 0.05) is 11.6 Å². The summed E-state index contributed by atoms with van der Waals surface area (Å²) in [4.78, 5) is 4.44. The molecule has 25 heavy (non-hydrogen) atoms. The van der Waals surface area contributed by atoms with Crippen LogP contribution < -0.4 is 4.74 Å². The number of phenolic OH excluding ortho intramolecular Hbond substituents is 1. The van der Waals surface area contributed by atoms with E-state index < -0.39 is 0 Å². The van der Waals surface area contributed by atoms with Crippen molar-refractivity contribution in [3.05, 3.63) is 54.8 Å². The number of rotatable bonds is 4. The van der Waals surface area contributed by atoms with Gasteiger partial charge in [0.1, 0.15) is 29.4 Å². The van der Waals surface area contributed by atoms with Crippen LogP contribution in [0.5, 0.6) is 11.5 Å². The maximum absolute atomic E-state index is 10.4. The van der Waals surface area contributed by atoms with Gasteiger partial charge in [0.25, 0.3) is 0 Å². The van der Waals surface area contributed by atoms with Crippen LogP contribution in [0.15, 0.2) is 63.6 Å². The molecule has 4 aromatic rings. The van der Waals surface area contributed by atoms with Gasteiger partial charge in [0.05, 0.1) is 11.8 Å². The second-order valence-corrected chi connectivity index (χ2v) is 5.74. The molecule has 124 valence electrons. The van der Waals surface area contributed by atoms with Crippen molar-refractivity contribution in [1.29, 1.82) is 0 Å². The van der Waals surface area contributed by atoms with Crippen LogP contribution >= 0.6 is 0 Å². The van der Waals surface area contributed by atoms with Crippen LogP contribution in [0.25, 0.3) is 33.9 Å². The van der Waals surface area contributed by atoms with Crippen LogP contribution in [-0.2, 0) is 4.74 Å². The molecule has 0 saturated carbocycles. The highest BCUT2D eigenvalue weighted by Crippen LogP contribution is 2.35. The fourth-order valence-electron chi connectivity index (χ4n) is 2.66. The first-order chi connectivity index (χ1) is 12.3. The van der Waals surface area contributed by atoms with Gasteiger partial charge in [-0.25, -0.2) is 4.98 Å². The molecule has 0 radical (unpaired) electrons. The first-order valence-electron chi connectivity index (χ1n) is 7.82. The minimum atomic E-state index is -0.168. The molecule has 1 unspecified atom stereocenters. The Morgan fingerprint density at radius 3 is 2.80 bits per heavy atom. The molecule has 0 spiro atoms. The first-order valence-corrected chi connectivity index (χ1v) is 7.82. The van der Waals surface area contributed by atoms with E-state index in [1.165, 1.54) is 0 Å². The Morgan fingerprint density at radius 2 is 2.04 bits per heavy atom. The zero-order valence-electron chi connectivity index (χ0n) is 13.0. The number of benzene rings is 2. The quantitative estimate of drug-likeness (QED) is 0.563. The Balaban J connectivity index is 1.51. The first kappa shape index (κ1) is 14.1.